The van der Waals surface area contributed by atoms with Gasteiger partial charge in [-0.3, -0.25) is 0 Å². The van der Waals surface area contributed by atoms with E-state index in [0.717, 1.165) is 31.9 Å². The first-order chi connectivity index (χ1) is 12.7. The first-order valence-electron chi connectivity index (χ1n) is 8.81. The molecule has 0 saturated carbocycles. The third kappa shape index (κ3) is 5.93. The summed E-state index contributed by atoms with van der Waals surface area (Å²) in [6, 6.07) is 10.6. The lowest BCUT2D eigenvalue weighted by atomic mass is 10.2. The summed E-state index contributed by atoms with van der Waals surface area (Å²) in [7, 11) is 0. The van der Waals surface area contributed by atoms with E-state index in [0.29, 0.717) is 23.1 Å². The largest absolute Gasteiger partial charge is 0.357 e. The lowest BCUT2D eigenvalue weighted by Gasteiger charge is -2.20. The van der Waals surface area contributed by atoms with Crippen LogP contribution < -0.4 is 15.5 Å². The number of nitrogens with zero attached hydrogens (tertiary/aromatic N) is 3. The smallest absolute Gasteiger partial charge is 0.191 e. The van der Waals surface area contributed by atoms with Crippen molar-refractivity contribution in [2.75, 3.05) is 24.5 Å². The monoisotopic (exact) mass is 503 g/mol. The molecule has 1 aromatic heterocycles. The predicted molar refractivity (Wildman–Crippen MR) is 120 cm³/mol. The van der Waals surface area contributed by atoms with Gasteiger partial charge in [-0.05, 0) is 31.5 Å². The Morgan fingerprint density at radius 2 is 2.15 bits per heavy atom. The molecule has 1 aromatic carbocycles. The molecule has 27 heavy (non-hydrogen) atoms. The SMILES string of the molecule is CCNC(=NCc1ccccc1F)NC1CCN(c2ncccc2Cl)C1.I. The number of pyridine rings is 1. The molecule has 0 spiro atoms. The third-order valence-corrected chi connectivity index (χ3v) is 4.57. The van der Waals surface area contributed by atoms with Crippen molar-refractivity contribution in [2.45, 2.75) is 25.9 Å². The van der Waals surface area contributed by atoms with Gasteiger partial charge in [-0.2, -0.15) is 0 Å². The van der Waals surface area contributed by atoms with E-state index in [1.807, 2.05) is 25.1 Å². The summed E-state index contributed by atoms with van der Waals surface area (Å²) in [5, 5.41) is 7.31. The summed E-state index contributed by atoms with van der Waals surface area (Å²) >= 11 is 6.24. The van der Waals surface area contributed by atoms with Crippen LogP contribution in [0.3, 0.4) is 0 Å². The average Bonchev–Trinajstić information content (AvgIpc) is 3.10. The van der Waals surface area contributed by atoms with Crippen LogP contribution in [0.2, 0.25) is 5.02 Å². The zero-order valence-electron chi connectivity index (χ0n) is 15.2. The maximum atomic E-state index is 13.8. The normalized spacial score (nSPS) is 16.8. The minimum Gasteiger partial charge on any atom is -0.357 e. The highest BCUT2D eigenvalue weighted by atomic mass is 127. The molecule has 3 rings (SSSR count). The molecule has 1 aliphatic heterocycles. The maximum absolute atomic E-state index is 13.8. The van der Waals surface area contributed by atoms with E-state index in [1.165, 1.54) is 6.07 Å². The van der Waals surface area contributed by atoms with Crippen LogP contribution in [-0.4, -0.2) is 36.6 Å². The highest BCUT2D eigenvalue weighted by Gasteiger charge is 2.25. The maximum Gasteiger partial charge on any atom is 0.191 e. The fraction of sp³-hybridized carbons (Fsp3) is 0.368. The van der Waals surface area contributed by atoms with Crippen LogP contribution in [0, 0.1) is 5.82 Å². The number of rotatable bonds is 5. The lowest BCUT2D eigenvalue weighted by Crippen LogP contribution is -2.44. The van der Waals surface area contributed by atoms with E-state index in [-0.39, 0.29) is 35.8 Å². The molecular weight excluding hydrogens is 480 g/mol. The highest BCUT2D eigenvalue weighted by molar-refractivity contribution is 14.0. The Bertz CT molecular complexity index is 773. The molecule has 1 fully saturated rings. The number of halogens is 3. The highest BCUT2D eigenvalue weighted by Crippen LogP contribution is 2.25. The molecule has 2 aromatic rings. The number of nitrogens with one attached hydrogen (secondary N) is 2. The number of benzene rings is 1. The quantitative estimate of drug-likeness (QED) is 0.370. The van der Waals surface area contributed by atoms with Crippen molar-refractivity contribution in [3.8, 4) is 0 Å². The Labute approximate surface area is 181 Å². The van der Waals surface area contributed by atoms with Gasteiger partial charge in [0.25, 0.3) is 0 Å². The summed E-state index contributed by atoms with van der Waals surface area (Å²) in [6.45, 7) is 4.72. The number of aromatic nitrogens is 1. The van der Waals surface area contributed by atoms with Gasteiger partial charge in [0, 0.05) is 37.4 Å². The van der Waals surface area contributed by atoms with E-state index < -0.39 is 0 Å². The first-order valence-corrected chi connectivity index (χ1v) is 9.19. The van der Waals surface area contributed by atoms with Crippen molar-refractivity contribution in [1.82, 2.24) is 15.6 Å². The zero-order chi connectivity index (χ0) is 18.4. The van der Waals surface area contributed by atoms with Crippen LogP contribution in [0.4, 0.5) is 10.2 Å². The van der Waals surface area contributed by atoms with Gasteiger partial charge in [-0.15, -0.1) is 24.0 Å². The topological polar surface area (TPSA) is 52.6 Å². The summed E-state index contributed by atoms with van der Waals surface area (Å²) in [4.78, 5) is 11.1. The Morgan fingerprint density at radius 1 is 1.33 bits per heavy atom. The van der Waals surface area contributed by atoms with E-state index in [4.69, 9.17) is 11.6 Å². The number of anilines is 1. The van der Waals surface area contributed by atoms with E-state index >= 15 is 0 Å². The standard InChI is InChI=1S/C19H23ClFN5.HI/c1-2-22-19(24-12-14-6-3-4-8-17(14)21)25-15-9-11-26(13-15)18-16(20)7-5-10-23-18;/h3-8,10,15H,2,9,11-13H2,1H3,(H2,22,24,25);1H. The van der Waals surface area contributed by atoms with Gasteiger partial charge in [-0.25, -0.2) is 14.4 Å². The van der Waals surface area contributed by atoms with E-state index in [2.05, 4.69) is 25.5 Å². The Hall–Kier alpha value is -1.61. The van der Waals surface area contributed by atoms with Gasteiger partial charge in [0.2, 0.25) is 0 Å². The van der Waals surface area contributed by atoms with Gasteiger partial charge < -0.3 is 15.5 Å². The van der Waals surface area contributed by atoms with E-state index in [9.17, 15) is 4.39 Å². The molecule has 0 bridgehead atoms. The molecule has 1 unspecified atom stereocenters. The minimum atomic E-state index is -0.232. The fourth-order valence-electron chi connectivity index (χ4n) is 2.98. The lowest BCUT2D eigenvalue weighted by molar-refractivity contribution is 0.608. The molecule has 0 radical (unpaired) electrons. The molecule has 1 atom stereocenters. The first kappa shape index (κ1) is 21.7. The van der Waals surface area contributed by atoms with Crippen molar-refractivity contribution in [2.24, 2.45) is 4.99 Å². The van der Waals surface area contributed by atoms with Crippen LogP contribution in [0.15, 0.2) is 47.6 Å². The number of aliphatic imine (C=N–C) groups is 1. The molecule has 1 saturated heterocycles. The second-order valence-corrected chi connectivity index (χ2v) is 6.58. The fourth-order valence-corrected chi connectivity index (χ4v) is 3.23. The van der Waals surface area contributed by atoms with Crippen molar-refractivity contribution in [1.29, 1.82) is 0 Å². The van der Waals surface area contributed by atoms with Crippen LogP contribution in [0.25, 0.3) is 0 Å². The van der Waals surface area contributed by atoms with Crippen molar-refractivity contribution < 1.29 is 4.39 Å². The molecule has 5 nitrogen and oxygen atoms in total. The zero-order valence-corrected chi connectivity index (χ0v) is 18.2. The molecule has 2 N–H and O–H groups in total. The molecule has 2 heterocycles. The number of hydrogen-bond acceptors (Lipinski definition) is 3. The summed E-state index contributed by atoms with van der Waals surface area (Å²) in [6.07, 6.45) is 2.71. The van der Waals surface area contributed by atoms with Gasteiger partial charge >= 0.3 is 0 Å². The number of guanidine groups is 1. The Kier molecular flexibility index (Phi) is 8.56. The summed E-state index contributed by atoms with van der Waals surface area (Å²) < 4.78 is 13.8. The molecule has 0 amide bonds. The predicted octanol–water partition coefficient (Wildman–Crippen LogP) is 3.83. The molecular formula is C19H24ClFIN5. The van der Waals surface area contributed by atoms with Crippen LogP contribution in [-0.2, 0) is 6.54 Å². The van der Waals surface area contributed by atoms with Crippen molar-refractivity contribution in [3.05, 3.63) is 59.0 Å². The van der Waals surface area contributed by atoms with Crippen molar-refractivity contribution in [3.63, 3.8) is 0 Å². The van der Waals surface area contributed by atoms with Crippen molar-refractivity contribution >= 4 is 47.4 Å². The summed E-state index contributed by atoms with van der Waals surface area (Å²) in [5.41, 5.74) is 0.581. The van der Waals surface area contributed by atoms with Gasteiger partial charge in [0.05, 0.1) is 11.6 Å². The van der Waals surface area contributed by atoms with Gasteiger partial charge in [-0.1, -0.05) is 29.8 Å². The number of hydrogen-bond donors (Lipinski definition) is 2. The minimum absolute atomic E-state index is 0. The Balaban J connectivity index is 0.00000261. The van der Waals surface area contributed by atoms with E-state index in [1.54, 1.807) is 18.3 Å². The van der Waals surface area contributed by atoms with Crippen LogP contribution in [0.5, 0.6) is 0 Å². The molecule has 8 heteroatoms. The third-order valence-electron chi connectivity index (χ3n) is 4.28. The molecule has 146 valence electrons. The van der Waals surface area contributed by atoms with Crippen LogP contribution >= 0.6 is 35.6 Å². The van der Waals surface area contributed by atoms with Gasteiger partial charge in [0.15, 0.2) is 5.96 Å². The van der Waals surface area contributed by atoms with Gasteiger partial charge in [0.1, 0.15) is 11.6 Å². The second-order valence-electron chi connectivity index (χ2n) is 6.17. The Morgan fingerprint density at radius 3 is 2.89 bits per heavy atom. The summed E-state index contributed by atoms with van der Waals surface area (Å²) in [5.74, 6) is 1.27. The second kappa shape index (κ2) is 10.7. The average molecular weight is 504 g/mol. The molecule has 1 aliphatic rings. The van der Waals surface area contributed by atoms with Crippen LogP contribution in [0.1, 0.15) is 18.9 Å². The molecule has 0 aliphatic carbocycles.